The van der Waals surface area contributed by atoms with E-state index in [1.165, 1.54) is 6.39 Å². The van der Waals surface area contributed by atoms with Gasteiger partial charge in [0.15, 0.2) is 6.39 Å². The lowest BCUT2D eigenvalue weighted by Crippen LogP contribution is -1.81. The van der Waals surface area contributed by atoms with E-state index in [2.05, 4.69) is 4.98 Å². The van der Waals surface area contributed by atoms with Gasteiger partial charge in [-0.05, 0) is 0 Å². The van der Waals surface area contributed by atoms with Gasteiger partial charge in [-0.25, -0.2) is 4.98 Å². The molecule has 0 fully saturated rings. The second-order valence-electron chi connectivity index (χ2n) is 1.40. The third-order valence-corrected chi connectivity index (χ3v) is 0.770. The molecule has 0 unspecified atom stereocenters. The topological polar surface area (TPSA) is 35.3 Å². The maximum Gasteiger partial charge on any atom is 0.180 e. The van der Waals surface area contributed by atoms with Crippen LogP contribution in [0.1, 0.15) is 5.76 Å². The average molecular weight is 113 g/mol. The number of oxazole rings is 1. The van der Waals surface area contributed by atoms with Crippen molar-refractivity contribution in [2.75, 3.05) is 7.11 Å². The lowest BCUT2D eigenvalue weighted by Gasteiger charge is -1.87. The number of hydrogen-bond acceptors (Lipinski definition) is 3. The molecule has 1 rings (SSSR count). The molecule has 3 heteroatoms. The third kappa shape index (κ3) is 1.07. The van der Waals surface area contributed by atoms with Gasteiger partial charge in [0.1, 0.15) is 12.4 Å². The molecule has 0 N–H and O–H groups in total. The zero-order valence-electron chi connectivity index (χ0n) is 4.63. The van der Waals surface area contributed by atoms with E-state index in [4.69, 9.17) is 9.15 Å². The summed E-state index contributed by atoms with van der Waals surface area (Å²) in [5.41, 5.74) is 0. The summed E-state index contributed by atoms with van der Waals surface area (Å²) in [6, 6.07) is 0. The summed E-state index contributed by atoms with van der Waals surface area (Å²) in [7, 11) is 1.61. The number of ether oxygens (including phenoxy) is 1. The van der Waals surface area contributed by atoms with Crippen LogP contribution in [-0.2, 0) is 11.3 Å². The Hall–Kier alpha value is -0.830. The standard InChI is InChI=1S/C5H7NO2/c1-7-3-5-2-6-4-8-5/h2,4H,3H2,1H3. The van der Waals surface area contributed by atoms with Crippen LogP contribution in [0.4, 0.5) is 0 Å². The number of rotatable bonds is 2. The molecule has 0 atom stereocenters. The van der Waals surface area contributed by atoms with Gasteiger partial charge in [0.05, 0.1) is 6.20 Å². The summed E-state index contributed by atoms with van der Waals surface area (Å²) in [6.07, 6.45) is 3.01. The highest BCUT2D eigenvalue weighted by molar-refractivity contribution is 4.84. The number of aromatic nitrogens is 1. The van der Waals surface area contributed by atoms with Crippen molar-refractivity contribution in [2.45, 2.75) is 6.61 Å². The van der Waals surface area contributed by atoms with Crippen molar-refractivity contribution in [3.8, 4) is 0 Å². The molecule has 0 aromatic carbocycles. The summed E-state index contributed by atoms with van der Waals surface area (Å²) in [5, 5.41) is 0. The van der Waals surface area contributed by atoms with Gasteiger partial charge >= 0.3 is 0 Å². The van der Waals surface area contributed by atoms with Crippen LogP contribution in [0.5, 0.6) is 0 Å². The van der Waals surface area contributed by atoms with E-state index in [-0.39, 0.29) is 0 Å². The summed E-state index contributed by atoms with van der Waals surface area (Å²) in [5.74, 6) is 0.757. The molecule has 0 saturated heterocycles. The maximum atomic E-state index is 4.84. The number of hydrogen-bond donors (Lipinski definition) is 0. The van der Waals surface area contributed by atoms with Gasteiger partial charge in [0.25, 0.3) is 0 Å². The van der Waals surface area contributed by atoms with E-state index in [1.807, 2.05) is 0 Å². The molecule has 1 heterocycles. The Balaban J connectivity index is 2.50. The molecular formula is C5H7NO2. The average Bonchev–Trinajstić information content (AvgIpc) is 2.19. The largest absolute Gasteiger partial charge is 0.446 e. The van der Waals surface area contributed by atoms with Crippen LogP contribution in [0.2, 0.25) is 0 Å². The molecule has 0 aliphatic rings. The van der Waals surface area contributed by atoms with E-state index in [0.29, 0.717) is 6.61 Å². The Kier molecular flexibility index (Phi) is 1.64. The van der Waals surface area contributed by atoms with Crippen molar-refractivity contribution in [1.29, 1.82) is 0 Å². The summed E-state index contributed by atoms with van der Waals surface area (Å²) in [4.78, 5) is 3.69. The minimum absolute atomic E-state index is 0.500. The van der Waals surface area contributed by atoms with Crippen LogP contribution in [-0.4, -0.2) is 12.1 Å². The number of methoxy groups -OCH3 is 1. The Morgan fingerprint density at radius 1 is 1.88 bits per heavy atom. The molecule has 0 bridgehead atoms. The highest BCUT2D eigenvalue weighted by Crippen LogP contribution is 1.95. The highest BCUT2D eigenvalue weighted by atomic mass is 16.5. The zero-order valence-corrected chi connectivity index (χ0v) is 4.63. The second-order valence-corrected chi connectivity index (χ2v) is 1.40. The van der Waals surface area contributed by atoms with Crippen LogP contribution in [0.3, 0.4) is 0 Å². The normalized spacial score (nSPS) is 9.62. The van der Waals surface area contributed by atoms with Gasteiger partial charge in [-0.1, -0.05) is 0 Å². The Labute approximate surface area is 47.3 Å². The first-order valence-electron chi connectivity index (χ1n) is 2.30. The maximum absolute atomic E-state index is 4.84. The predicted octanol–water partition coefficient (Wildman–Crippen LogP) is 0.821. The summed E-state index contributed by atoms with van der Waals surface area (Å²) in [6.45, 7) is 0.500. The van der Waals surface area contributed by atoms with E-state index in [0.717, 1.165) is 5.76 Å². The minimum atomic E-state index is 0.500. The fraction of sp³-hybridized carbons (Fsp3) is 0.400. The van der Waals surface area contributed by atoms with Gasteiger partial charge in [0, 0.05) is 7.11 Å². The lowest BCUT2D eigenvalue weighted by molar-refractivity contribution is 0.164. The fourth-order valence-electron chi connectivity index (χ4n) is 0.456. The van der Waals surface area contributed by atoms with E-state index in [9.17, 15) is 0 Å². The van der Waals surface area contributed by atoms with E-state index in [1.54, 1.807) is 13.3 Å². The third-order valence-electron chi connectivity index (χ3n) is 0.770. The molecule has 0 aliphatic carbocycles. The molecule has 0 aliphatic heterocycles. The highest BCUT2D eigenvalue weighted by Gasteiger charge is 1.90. The number of nitrogens with zero attached hydrogens (tertiary/aromatic N) is 1. The van der Waals surface area contributed by atoms with Crippen molar-refractivity contribution in [3.05, 3.63) is 18.4 Å². The van der Waals surface area contributed by atoms with E-state index < -0.39 is 0 Å². The first kappa shape index (κ1) is 5.31. The van der Waals surface area contributed by atoms with Crippen LogP contribution < -0.4 is 0 Å². The predicted molar refractivity (Wildman–Crippen MR) is 27.2 cm³/mol. The quantitative estimate of drug-likeness (QED) is 0.569. The molecule has 8 heavy (non-hydrogen) atoms. The van der Waals surface area contributed by atoms with Crippen molar-refractivity contribution in [3.63, 3.8) is 0 Å². The van der Waals surface area contributed by atoms with Crippen molar-refractivity contribution < 1.29 is 9.15 Å². The molecule has 1 aromatic rings. The van der Waals surface area contributed by atoms with Crippen LogP contribution in [0.25, 0.3) is 0 Å². The molecule has 3 nitrogen and oxygen atoms in total. The van der Waals surface area contributed by atoms with Gasteiger partial charge < -0.3 is 9.15 Å². The van der Waals surface area contributed by atoms with Crippen molar-refractivity contribution in [2.24, 2.45) is 0 Å². The summed E-state index contributed by atoms with van der Waals surface area (Å²) < 4.78 is 9.59. The van der Waals surface area contributed by atoms with E-state index >= 15 is 0 Å². The lowest BCUT2D eigenvalue weighted by atomic mass is 10.6. The van der Waals surface area contributed by atoms with Crippen molar-refractivity contribution >= 4 is 0 Å². The first-order chi connectivity index (χ1) is 3.93. The molecule has 0 radical (unpaired) electrons. The zero-order chi connectivity index (χ0) is 5.82. The Bertz CT molecular complexity index is 136. The molecular weight excluding hydrogens is 106 g/mol. The van der Waals surface area contributed by atoms with Gasteiger partial charge in [-0.3, -0.25) is 0 Å². The fourth-order valence-corrected chi connectivity index (χ4v) is 0.456. The second kappa shape index (κ2) is 2.47. The smallest absolute Gasteiger partial charge is 0.180 e. The monoisotopic (exact) mass is 113 g/mol. The van der Waals surface area contributed by atoms with Crippen LogP contribution in [0.15, 0.2) is 17.0 Å². The van der Waals surface area contributed by atoms with Gasteiger partial charge in [-0.2, -0.15) is 0 Å². The molecule has 0 saturated carbocycles. The SMILES string of the molecule is COCc1cnco1. The van der Waals surface area contributed by atoms with Crippen molar-refractivity contribution in [1.82, 2.24) is 4.98 Å². The van der Waals surface area contributed by atoms with Gasteiger partial charge in [0.2, 0.25) is 0 Å². The molecule has 0 spiro atoms. The molecule has 1 aromatic heterocycles. The van der Waals surface area contributed by atoms with Crippen LogP contribution >= 0.6 is 0 Å². The first-order valence-corrected chi connectivity index (χ1v) is 2.30. The molecule has 44 valence electrons. The van der Waals surface area contributed by atoms with Crippen LogP contribution in [0, 0.1) is 0 Å². The summed E-state index contributed by atoms with van der Waals surface area (Å²) >= 11 is 0. The minimum Gasteiger partial charge on any atom is -0.446 e. The Morgan fingerprint density at radius 2 is 2.75 bits per heavy atom. The molecule has 0 amide bonds. The van der Waals surface area contributed by atoms with Gasteiger partial charge in [-0.15, -0.1) is 0 Å². The Morgan fingerprint density at radius 3 is 3.25 bits per heavy atom.